The van der Waals surface area contributed by atoms with Crippen LogP contribution in [0.4, 0.5) is 0 Å². The fourth-order valence-corrected chi connectivity index (χ4v) is 1.48. The molecule has 6 nitrogen and oxygen atoms in total. The zero-order chi connectivity index (χ0) is 10.9. The first-order valence-electron chi connectivity index (χ1n) is 4.01. The molecule has 0 spiro atoms. The van der Waals surface area contributed by atoms with E-state index >= 15 is 0 Å². The summed E-state index contributed by atoms with van der Waals surface area (Å²) in [7, 11) is -4.37. The van der Waals surface area contributed by atoms with Crippen LogP contribution < -0.4 is 5.50 Å². The van der Waals surface area contributed by atoms with Crippen LogP contribution in [0.15, 0.2) is 35.0 Å². The standard InChI is InChI=1S/C8H7N2O4P/c11-15(12,13)8-5-7(10-14-8)6-3-1-2-4-9-6/h1-5H,(H2,11,12,13). The second kappa shape index (κ2) is 3.58. The van der Waals surface area contributed by atoms with Gasteiger partial charge in [0.05, 0.1) is 5.69 Å². The molecule has 2 N–H and O–H groups in total. The molecule has 15 heavy (non-hydrogen) atoms. The summed E-state index contributed by atoms with van der Waals surface area (Å²) in [4.78, 5) is 21.6. The summed E-state index contributed by atoms with van der Waals surface area (Å²) >= 11 is 0. The Morgan fingerprint density at radius 3 is 2.60 bits per heavy atom. The minimum atomic E-state index is -4.37. The number of pyridine rings is 1. The maximum absolute atomic E-state index is 10.8. The van der Waals surface area contributed by atoms with Crippen molar-refractivity contribution in [2.75, 3.05) is 0 Å². The van der Waals surface area contributed by atoms with E-state index in [9.17, 15) is 4.57 Å². The van der Waals surface area contributed by atoms with E-state index in [-0.39, 0.29) is 0 Å². The average Bonchev–Trinajstić information content (AvgIpc) is 2.67. The Hall–Kier alpha value is -1.49. The predicted molar refractivity (Wildman–Crippen MR) is 51.4 cm³/mol. The summed E-state index contributed by atoms with van der Waals surface area (Å²) in [5, 5.41) is 3.52. The Labute approximate surface area is 84.7 Å². The molecular weight excluding hydrogens is 219 g/mol. The molecular formula is C8H7N2O4P. The molecule has 0 aliphatic carbocycles. The predicted octanol–water partition coefficient (Wildman–Crippen LogP) is 0.540. The highest BCUT2D eigenvalue weighted by Crippen LogP contribution is 2.34. The van der Waals surface area contributed by atoms with E-state index in [1.165, 1.54) is 6.07 Å². The normalized spacial score (nSPS) is 11.6. The first-order valence-corrected chi connectivity index (χ1v) is 5.63. The molecule has 78 valence electrons. The lowest BCUT2D eigenvalue weighted by Crippen LogP contribution is -1.98. The molecule has 0 saturated carbocycles. The molecule has 2 heterocycles. The summed E-state index contributed by atoms with van der Waals surface area (Å²) in [6.45, 7) is 0. The lowest BCUT2D eigenvalue weighted by atomic mass is 10.3. The average molecular weight is 226 g/mol. The van der Waals surface area contributed by atoms with Crippen molar-refractivity contribution in [3.63, 3.8) is 0 Å². The molecule has 0 fully saturated rings. The zero-order valence-electron chi connectivity index (χ0n) is 7.44. The van der Waals surface area contributed by atoms with Crippen molar-refractivity contribution in [2.45, 2.75) is 0 Å². The Bertz CT molecular complexity index is 504. The van der Waals surface area contributed by atoms with Crippen molar-refractivity contribution in [1.82, 2.24) is 10.1 Å². The van der Waals surface area contributed by atoms with Gasteiger partial charge in [0.1, 0.15) is 5.69 Å². The molecule has 0 aromatic carbocycles. The highest BCUT2D eigenvalue weighted by molar-refractivity contribution is 7.59. The first-order chi connectivity index (χ1) is 7.07. The Morgan fingerprint density at radius 1 is 1.27 bits per heavy atom. The SMILES string of the molecule is O=P(O)(O)c1cc(-c2ccccn2)no1. The van der Waals surface area contributed by atoms with Crippen LogP contribution >= 0.6 is 7.60 Å². The van der Waals surface area contributed by atoms with E-state index in [2.05, 4.69) is 14.7 Å². The van der Waals surface area contributed by atoms with Gasteiger partial charge in [0.25, 0.3) is 0 Å². The first kappa shape index (κ1) is 10.0. The number of hydrogen-bond donors (Lipinski definition) is 2. The molecule has 0 aliphatic rings. The van der Waals surface area contributed by atoms with Gasteiger partial charge in [0.15, 0.2) is 0 Å². The third-order valence-corrected chi connectivity index (χ3v) is 2.50. The van der Waals surface area contributed by atoms with Crippen molar-refractivity contribution in [3.05, 3.63) is 30.5 Å². The molecule has 2 aromatic heterocycles. The smallest absolute Gasteiger partial charge is 0.348 e. The van der Waals surface area contributed by atoms with Crippen LogP contribution in [0.5, 0.6) is 0 Å². The van der Waals surface area contributed by atoms with Crippen molar-refractivity contribution < 1.29 is 18.9 Å². The van der Waals surface area contributed by atoms with Gasteiger partial charge >= 0.3 is 7.60 Å². The molecule has 0 bridgehead atoms. The van der Waals surface area contributed by atoms with Crippen LogP contribution in [0.3, 0.4) is 0 Å². The van der Waals surface area contributed by atoms with Gasteiger partial charge in [-0.3, -0.25) is 9.55 Å². The van der Waals surface area contributed by atoms with E-state index in [1.807, 2.05) is 0 Å². The summed E-state index contributed by atoms with van der Waals surface area (Å²) in [5.74, 6) is 0. The molecule has 0 amide bonds. The van der Waals surface area contributed by atoms with Crippen LogP contribution in [-0.4, -0.2) is 19.9 Å². The summed E-state index contributed by atoms with van der Waals surface area (Å²) in [6.07, 6.45) is 1.56. The maximum Gasteiger partial charge on any atom is 0.394 e. The fourth-order valence-electron chi connectivity index (χ4n) is 1.04. The quantitative estimate of drug-likeness (QED) is 0.725. The summed E-state index contributed by atoms with van der Waals surface area (Å²) in [5.41, 5.74) is 0.345. The van der Waals surface area contributed by atoms with Crippen molar-refractivity contribution in [1.29, 1.82) is 0 Å². The van der Waals surface area contributed by atoms with E-state index < -0.39 is 13.1 Å². The van der Waals surface area contributed by atoms with Gasteiger partial charge in [-0.2, -0.15) is 0 Å². The van der Waals surface area contributed by atoms with E-state index in [0.717, 1.165) is 0 Å². The van der Waals surface area contributed by atoms with Crippen molar-refractivity contribution in [2.24, 2.45) is 0 Å². The maximum atomic E-state index is 10.8. The van der Waals surface area contributed by atoms with Gasteiger partial charge < -0.3 is 14.3 Å². The van der Waals surface area contributed by atoms with Gasteiger partial charge in [0, 0.05) is 12.3 Å². The van der Waals surface area contributed by atoms with Gasteiger partial charge in [-0.05, 0) is 12.1 Å². The minimum Gasteiger partial charge on any atom is -0.348 e. The highest BCUT2D eigenvalue weighted by Gasteiger charge is 2.24. The van der Waals surface area contributed by atoms with Crippen molar-refractivity contribution >= 4 is 13.1 Å². The van der Waals surface area contributed by atoms with Crippen LogP contribution in [0.2, 0.25) is 0 Å². The number of rotatable bonds is 2. The highest BCUT2D eigenvalue weighted by atomic mass is 31.2. The molecule has 7 heteroatoms. The Balaban J connectivity index is 2.41. The second-order valence-corrected chi connectivity index (χ2v) is 4.34. The molecule has 0 unspecified atom stereocenters. The number of hydrogen-bond acceptors (Lipinski definition) is 4. The lowest BCUT2D eigenvalue weighted by Gasteiger charge is -1.94. The van der Waals surface area contributed by atoms with Gasteiger partial charge in [-0.15, -0.1) is 0 Å². The van der Waals surface area contributed by atoms with E-state index in [1.54, 1.807) is 24.4 Å². The number of nitrogens with zero attached hydrogens (tertiary/aromatic N) is 2. The van der Waals surface area contributed by atoms with E-state index in [0.29, 0.717) is 11.4 Å². The zero-order valence-corrected chi connectivity index (χ0v) is 8.33. The molecule has 0 saturated heterocycles. The third kappa shape index (κ3) is 2.12. The van der Waals surface area contributed by atoms with E-state index in [4.69, 9.17) is 9.79 Å². The van der Waals surface area contributed by atoms with Crippen LogP contribution in [0, 0.1) is 0 Å². The molecule has 0 atom stereocenters. The van der Waals surface area contributed by atoms with Gasteiger partial charge in [-0.1, -0.05) is 11.2 Å². The molecule has 2 aromatic rings. The van der Waals surface area contributed by atoms with Crippen LogP contribution in [0.25, 0.3) is 11.4 Å². The fraction of sp³-hybridized carbons (Fsp3) is 0. The molecule has 2 rings (SSSR count). The van der Waals surface area contributed by atoms with Crippen LogP contribution in [-0.2, 0) is 4.57 Å². The van der Waals surface area contributed by atoms with Gasteiger partial charge in [0.2, 0.25) is 5.50 Å². The monoisotopic (exact) mass is 226 g/mol. The van der Waals surface area contributed by atoms with Gasteiger partial charge in [-0.25, -0.2) is 0 Å². The number of aromatic nitrogens is 2. The second-order valence-electron chi connectivity index (χ2n) is 2.81. The van der Waals surface area contributed by atoms with Crippen LogP contribution in [0.1, 0.15) is 0 Å². The molecule has 0 aliphatic heterocycles. The Morgan fingerprint density at radius 2 is 2.07 bits per heavy atom. The summed E-state index contributed by atoms with van der Waals surface area (Å²) < 4.78 is 15.3. The summed E-state index contributed by atoms with van der Waals surface area (Å²) in [6, 6.07) is 6.33. The Kier molecular flexibility index (Phi) is 2.40. The largest absolute Gasteiger partial charge is 0.394 e. The lowest BCUT2D eigenvalue weighted by molar-refractivity contribution is 0.362. The molecule has 0 radical (unpaired) electrons. The minimum absolute atomic E-state index is 0.300. The van der Waals surface area contributed by atoms with Crippen molar-refractivity contribution in [3.8, 4) is 11.4 Å². The third-order valence-electron chi connectivity index (χ3n) is 1.71. The topological polar surface area (TPSA) is 96.5 Å².